The normalized spacial score (nSPS) is 16.3. The Balaban J connectivity index is 1.91. The van der Waals surface area contributed by atoms with Crippen molar-refractivity contribution < 1.29 is 14.6 Å². The minimum absolute atomic E-state index is 0.123. The van der Waals surface area contributed by atoms with Crippen molar-refractivity contribution >= 4 is 11.8 Å². The van der Waals surface area contributed by atoms with Gasteiger partial charge in [-0.25, -0.2) is 14.8 Å². The quantitative estimate of drug-likeness (QED) is 0.843. The average Bonchev–Trinajstić information content (AvgIpc) is 2.39. The van der Waals surface area contributed by atoms with Crippen molar-refractivity contribution in [3.05, 3.63) is 17.6 Å². The number of aryl methyl sites for hydroxylation is 1. The smallest absolute Gasteiger partial charge is 0.341 e. The molecule has 1 aromatic heterocycles. The maximum Gasteiger partial charge on any atom is 0.341 e. The number of ether oxygens (including phenoxy) is 1. The van der Waals surface area contributed by atoms with Crippen molar-refractivity contribution in [3.63, 3.8) is 0 Å². The molecular weight excluding hydrogens is 246 g/mol. The number of aromatic carboxylic acids is 1. The molecule has 19 heavy (non-hydrogen) atoms. The molecule has 0 unspecified atom stereocenters. The predicted molar refractivity (Wildman–Crippen MR) is 70.4 cm³/mol. The van der Waals surface area contributed by atoms with Crippen LogP contribution in [-0.4, -0.2) is 40.8 Å². The number of nitrogens with zero attached hydrogens (tertiary/aromatic N) is 2. The van der Waals surface area contributed by atoms with E-state index in [0.717, 1.165) is 39.0 Å². The molecule has 6 heteroatoms. The molecule has 1 aromatic rings. The van der Waals surface area contributed by atoms with E-state index in [9.17, 15) is 4.79 Å². The van der Waals surface area contributed by atoms with Gasteiger partial charge in [0.05, 0.1) is 0 Å². The summed E-state index contributed by atoms with van der Waals surface area (Å²) in [5.74, 6) is 0.622. The van der Waals surface area contributed by atoms with Crippen LogP contribution in [0.2, 0.25) is 0 Å². The maximum absolute atomic E-state index is 11.1. The van der Waals surface area contributed by atoms with E-state index in [0.29, 0.717) is 17.6 Å². The van der Waals surface area contributed by atoms with Crippen LogP contribution in [0.5, 0.6) is 0 Å². The van der Waals surface area contributed by atoms with Gasteiger partial charge in [-0.2, -0.15) is 0 Å². The molecule has 1 saturated heterocycles. The first kappa shape index (κ1) is 13.7. The largest absolute Gasteiger partial charge is 0.477 e. The summed E-state index contributed by atoms with van der Waals surface area (Å²) in [5, 5.41) is 12.2. The van der Waals surface area contributed by atoms with Crippen LogP contribution in [-0.2, 0) is 4.74 Å². The Labute approximate surface area is 112 Å². The Morgan fingerprint density at radius 1 is 1.53 bits per heavy atom. The molecule has 2 N–H and O–H groups in total. The number of aromatic nitrogens is 2. The molecule has 0 atom stereocenters. The van der Waals surface area contributed by atoms with E-state index in [1.54, 1.807) is 6.92 Å². The Kier molecular flexibility index (Phi) is 4.68. The third kappa shape index (κ3) is 3.89. The van der Waals surface area contributed by atoms with Crippen LogP contribution in [0.3, 0.4) is 0 Å². The standard InChI is InChI=1S/C13H19N3O3/c1-9-15-8-11(13(17)18)12(16-9)14-5-2-10-3-6-19-7-4-10/h8,10H,2-7H2,1H3,(H,17,18)(H,14,15,16). The second-order valence-corrected chi connectivity index (χ2v) is 4.76. The van der Waals surface area contributed by atoms with Crippen LogP contribution in [0.1, 0.15) is 35.4 Å². The molecular formula is C13H19N3O3. The highest BCUT2D eigenvalue weighted by molar-refractivity contribution is 5.92. The molecule has 0 aromatic carbocycles. The fraction of sp³-hybridized carbons (Fsp3) is 0.615. The van der Waals surface area contributed by atoms with Gasteiger partial charge in [0.15, 0.2) is 0 Å². The first-order chi connectivity index (χ1) is 9.16. The summed E-state index contributed by atoms with van der Waals surface area (Å²) in [6, 6.07) is 0. The van der Waals surface area contributed by atoms with Crippen LogP contribution >= 0.6 is 0 Å². The minimum Gasteiger partial charge on any atom is -0.477 e. The molecule has 0 saturated carbocycles. The van der Waals surface area contributed by atoms with Gasteiger partial charge in [0.2, 0.25) is 0 Å². The molecule has 2 rings (SSSR count). The fourth-order valence-electron chi connectivity index (χ4n) is 2.19. The van der Waals surface area contributed by atoms with E-state index in [1.165, 1.54) is 6.20 Å². The Morgan fingerprint density at radius 3 is 2.95 bits per heavy atom. The van der Waals surface area contributed by atoms with Crippen molar-refractivity contribution in [1.29, 1.82) is 0 Å². The van der Waals surface area contributed by atoms with E-state index in [2.05, 4.69) is 15.3 Å². The third-order valence-corrected chi connectivity index (χ3v) is 3.33. The van der Waals surface area contributed by atoms with E-state index in [-0.39, 0.29) is 5.56 Å². The van der Waals surface area contributed by atoms with Crippen LogP contribution < -0.4 is 5.32 Å². The Hall–Kier alpha value is -1.69. The van der Waals surface area contributed by atoms with Gasteiger partial charge in [-0.05, 0) is 32.1 Å². The highest BCUT2D eigenvalue weighted by Crippen LogP contribution is 2.19. The van der Waals surface area contributed by atoms with Crippen molar-refractivity contribution in [2.75, 3.05) is 25.1 Å². The van der Waals surface area contributed by atoms with Crippen molar-refractivity contribution in [3.8, 4) is 0 Å². The molecule has 2 heterocycles. The lowest BCUT2D eigenvalue weighted by Gasteiger charge is -2.22. The van der Waals surface area contributed by atoms with Crippen molar-refractivity contribution in [1.82, 2.24) is 9.97 Å². The van der Waals surface area contributed by atoms with Gasteiger partial charge >= 0.3 is 5.97 Å². The van der Waals surface area contributed by atoms with Crippen LogP contribution in [0.15, 0.2) is 6.20 Å². The number of rotatable bonds is 5. The van der Waals surface area contributed by atoms with Crippen LogP contribution in [0.25, 0.3) is 0 Å². The third-order valence-electron chi connectivity index (χ3n) is 3.33. The summed E-state index contributed by atoms with van der Waals surface area (Å²) in [4.78, 5) is 19.1. The van der Waals surface area contributed by atoms with Gasteiger partial charge in [0.25, 0.3) is 0 Å². The van der Waals surface area contributed by atoms with Gasteiger partial charge in [-0.15, -0.1) is 0 Å². The molecule has 0 amide bonds. The first-order valence-corrected chi connectivity index (χ1v) is 6.55. The SMILES string of the molecule is Cc1ncc(C(=O)O)c(NCCC2CCOCC2)n1. The molecule has 0 bridgehead atoms. The summed E-state index contributed by atoms with van der Waals surface area (Å²) in [5.41, 5.74) is 0.123. The first-order valence-electron chi connectivity index (χ1n) is 6.55. The zero-order valence-corrected chi connectivity index (χ0v) is 11.1. The number of carbonyl (C=O) groups is 1. The molecule has 1 aliphatic rings. The van der Waals surface area contributed by atoms with Crippen molar-refractivity contribution in [2.45, 2.75) is 26.2 Å². The van der Waals surface area contributed by atoms with Gasteiger partial charge in [0.1, 0.15) is 17.2 Å². The second-order valence-electron chi connectivity index (χ2n) is 4.76. The van der Waals surface area contributed by atoms with Crippen molar-refractivity contribution in [2.24, 2.45) is 5.92 Å². The monoisotopic (exact) mass is 265 g/mol. The number of hydrogen-bond donors (Lipinski definition) is 2. The summed E-state index contributed by atoms with van der Waals surface area (Å²) in [6.07, 6.45) is 4.51. The summed E-state index contributed by atoms with van der Waals surface area (Å²) >= 11 is 0. The molecule has 1 fully saturated rings. The highest BCUT2D eigenvalue weighted by Gasteiger charge is 2.15. The summed E-state index contributed by atoms with van der Waals surface area (Å²) in [7, 11) is 0. The minimum atomic E-state index is -1.01. The predicted octanol–water partition coefficient (Wildman–Crippen LogP) is 1.71. The molecule has 0 aliphatic carbocycles. The second kappa shape index (κ2) is 6.47. The van der Waals surface area contributed by atoms with E-state index in [1.807, 2.05) is 0 Å². The summed E-state index contributed by atoms with van der Waals surface area (Å²) < 4.78 is 5.31. The molecule has 0 spiro atoms. The lowest BCUT2D eigenvalue weighted by molar-refractivity contribution is 0.0649. The number of anilines is 1. The van der Waals surface area contributed by atoms with E-state index in [4.69, 9.17) is 9.84 Å². The zero-order chi connectivity index (χ0) is 13.7. The maximum atomic E-state index is 11.1. The lowest BCUT2D eigenvalue weighted by atomic mass is 9.97. The number of carboxylic acid groups (broad SMARTS) is 1. The highest BCUT2D eigenvalue weighted by atomic mass is 16.5. The molecule has 0 radical (unpaired) electrons. The number of carboxylic acids is 1. The van der Waals surface area contributed by atoms with Gasteiger partial charge in [-0.3, -0.25) is 0 Å². The summed E-state index contributed by atoms with van der Waals surface area (Å²) in [6.45, 7) is 4.13. The lowest BCUT2D eigenvalue weighted by Crippen LogP contribution is -2.19. The van der Waals surface area contributed by atoms with Gasteiger partial charge < -0.3 is 15.2 Å². The fourth-order valence-corrected chi connectivity index (χ4v) is 2.19. The van der Waals surface area contributed by atoms with E-state index >= 15 is 0 Å². The molecule has 104 valence electrons. The number of hydrogen-bond acceptors (Lipinski definition) is 5. The average molecular weight is 265 g/mol. The van der Waals surface area contributed by atoms with E-state index < -0.39 is 5.97 Å². The van der Waals surface area contributed by atoms with Crippen LogP contribution in [0.4, 0.5) is 5.82 Å². The van der Waals surface area contributed by atoms with Gasteiger partial charge in [0, 0.05) is 26.0 Å². The molecule has 6 nitrogen and oxygen atoms in total. The number of nitrogens with one attached hydrogen (secondary N) is 1. The Morgan fingerprint density at radius 2 is 2.26 bits per heavy atom. The Bertz CT molecular complexity index is 445. The topological polar surface area (TPSA) is 84.3 Å². The van der Waals surface area contributed by atoms with Crippen LogP contribution in [0, 0.1) is 12.8 Å². The molecule has 1 aliphatic heterocycles. The zero-order valence-electron chi connectivity index (χ0n) is 11.1. The van der Waals surface area contributed by atoms with Gasteiger partial charge in [-0.1, -0.05) is 0 Å².